The van der Waals surface area contributed by atoms with Crippen molar-refractivity contribution in [1.29, 1.82) is 0 Å². The number of aromatic nitrogens is 1. The van der Waals surface area contributed by atoms with E-state index in [2.05, 4.69) is 9.88 Å². The van der Waals surface area contributed by atoms with E-state index < -0.39 is 17.7 Å². The van der Waals surface area contributed by atoms with Crippen molar-refractivity contribution in [3.63, 3.8) is 0 Å². The first-order valence-electron chi connectivity index (χ1n) is 9.69. The van der Waals surface area contributed by atoms with E-state index >= 15 is 0 Å². The van der Waals surface area contributed by atoms with E-state index in [9.17, 15) is 14.7 Å². The maximum Gasteiger partial charge on any atom is 0.290 e. The highest BCUT2D eigenvalue weighted by Crippen LogP contribution is 2.39. The molecule has 0 aromatic carbocycles. The molecule has 2 aliphatic heterocycles. The second-order valence-electron chi connectivity index (χ2n) is 7.06. The van der Waals surface area contributed by atoms with E-state index in [1.54, 1.807) is 41.6 Å². The zero-order chi connectivity index (χ0) is 20.2. The summed E-state index contributed by atoms with van der Waals surface area (Å²) >= 11 is 1.30. The van der Waals surface area contributed by atoms with Gasteiger partial charge in [0.05, 0.1) is 29.7 Å². The highest BCUT2D eigenvalue weighted by Gasteiger charge is 2.43. The molecule has 1 fully saturated rings. The molecule has 1 atom stereocenters. The Morgan fingerprint density at radius 1 is 1.21 bits per heavy atom. The lowest BCUT2D eigenvalue weighted by molar-refractivity contribution is -0.129. The molecule has 0 radical (unpaired) electrons. The van der Waals surface area contributed by atoms with Crippen molar-refractivity contribution >= 4 is 23.0 Å². The van der Waals surface area contributed by atoms with Gasteiger partial charge in [0.25, 0.3) is 5.91 Å². The second-order valence-corrected chi connectivity index (χ2v) is 8.01. The highest BCUT2D eigenvalue weighted by atomic mass is 32.1. The molecule has 0 aliphatic carbocycles. The molecule has 0 spiro atoms. The van der Waals surface area contributed by atoms with Crippen molar-refractivity contribution in [2.24, 2.45) is 0 Å². The van der Waals surface area contributed by atoms with Crippen LogP contribution < -0.4 is 0 Å². The first-order valence-corrected chi connectivity index (χ1v) is 10.6. The summed E-state index contributed by atoms with van der Waals surface area (Å²) in [6.07, 6.45) is 4.02. The zero-order valence-corrected chi connectivity index (χ0v) is 16.8. The van der Waals surface area contributed by atoms with E-state index in [0.29, 0.717) is 11.4 Å². The third kappa shape index (κ3) is 4.10. The summed E-state index contributed by atoms with van der Waals surface area (Å²) in [5, 5.41) is 12.4. The van der Waals surface area contributed by atoms with Gasteiger partial charge < -0.3 is 14.7 Å². The number of carbonyl (C=O) groups excluding carboxylic acids is 2. The number of Topliss-reactive ketones (excluding diaryl/α,β-unsaturated/α-hetero) is 1. The third-order valence-electron chi connectivity index (χ3n) is 5.29. The van der Waals surface area contributed by atoms with Gasteiger partial charge in [-0.05, 0) is 35.6 Å². The van der Waals surface area contributed by atoms with Crippen molar-refractivity contribution < 1.29 is 19.4 Å². The Morgan fingerprint density at radius 2 is 1.97 bits per heavy atom. The molecule has 4 rings (SSSR count). The molecule has 8 heteroatoms. The number of amides is 1. The van der Waals surface area contributed by atoms with Crippen molar-refractivity contribution in [3.05, 3.63) is 63.8 Å². The van der Waals surface area contributed by atoms with Gasteiger partial charge in [0, 0.05) is 38.6 Å². The summed E-state index contributed by atoms with van der Waals surface area (Å²) < 4.78 is 5.37. The topological polar surface area (TPSA) is 83.0 Å². The average molecular weight is 413 g/mol. The van der Waals surface area contributed by atoms with Crippen LogP contribution in [0, 0.1) is 0 Å². The predicted octanol–water partition coefficient (Wildman–Crippen LogP) is 2.44. The molecule has 1 amide bonds. The lowest BCUT2D eigenvalue weighted by Gasteiger charge is -2.29. The van der Waals surface area contributed by atoms with Crippen molar-refractivity contribution in [1.82, 2.24) is 14.8 Å². The predicted molar refractivity (Wildman–Crippen MR) is 109 cm³/mol. The van der Waals surface area contributed by atoms with Crippen LogP contribution >= 0.6 is 11.3 Å². The number of ether oxygens (including phenoxy) is 1. The van der Waals surface area contributed by atoms with Crippen LogP contribution in [0.15, 0.2) is 53.4 Å². The van der Waals surface area contributed by atoms with Gasteiger partial charge >= 0.3 is 0 Å². The summed E-state index contributed by atoms with van der Waals surface area (Å²) in [4.78, 5) is 34.4. The molecule has 4 heterocycles. The van der Waals surface area contributed by atoms with Crippen LogP contribution in [0.25, 0.3) is 0 Å². The van der Waals surface area contributed by atoms with Crippen LogP contribution in [-0.4, -0.2) is 71.0 Å². The van der Waals surface area contributed by atoms with Crippen LogP contribution in [0.1, 0.15) is 27.7 Å². The fourth-order valence-corrected chi connectivity index (χ4v) is 4.52. The van der Waals surface area contributed by atoms with Crippen LogP contribution in [-0.2, 0) is 9.53 Å². The molecular formula is C21H23N3O4S. The zero-order valence-electron chi connectivity index (χ0n) is 16.0. The Labute approximate surface area is 173 Å². The fourth-order valence-electron chi connectivity index (χ4n) is 3.84. The number of aliphatic hydroxyl groups excluding tert-OH is 1. The number of hydrogen-bond donors (Lipinski definition) is 1. The van der Waals surface area contributed by atoms with E-state index in [0.717, 1.165) is 44.8 Å². The summed E-state index contributed by atoms with van der Waals surface area (Å²) in [6.45, 7) is 4.51. The van der Waals surface area contributed by atoms with Crippen LogP contribution in [0.3, 0.4) is 0 Å². The molecule has 0 unspecified atom stereocenters. The number of nitrogens with zero attached hydrogens (tertiary/aromatic N) is 3. The molecule has 1 N–H and O–H groups in total. The van der Waals surface area contributed by atoms with Crippen LogP contribution in [0.2, 0.25) is 0 Å². The van der Waals surface area contributed by atoms with E-state index in [-0.39, 0.29) is 11.4 Å². The molecule has 0 bridgehead atoms. The Hall–Kier alpha value is -2.55. The van der Waals surface area contributed by atoms with Gasteiger partial charge in [0.2, 0.25) is 5.78 Å². The smallest absolute Gasteiger partial charge is 0.290 e. The lowest BCUT2D eigenvalue weighted by Crippen LogP contribution is -2.39. The van der Waals surface area contributed by atoms with Crippen molar-refractivity contribution in [2.75, 3.05) is 39.4 Å². The number of rotatable bonds is 7. The number of pyridine rings is 1. The standard InChI is InChI=1S/C21H23N3O4S/c25-19(16-3-1-14-29-16)17-18(15-4-6-22-7-5-15)24(21(27)20(17)26)9-2-8-23-10-12-28-13-11-23/h1,3-7,14,18,26H,2,8-13H2/t18-/m1/s1. The van der Waals surface area contributed by atoms with Gasteiger partial charge in [0.1, 0.15) is 0 Å². The molecule has 2 aliphatic rings. The van der Waals surface area contributed by atoms with Gasteiger partial charge in [-0.1, -0.05) is 6.07 Å². The Morgan fingerprint density at radius 3 is 2.66 bits per heavy atom. The number of aliphatic hydroxyl groups is 1. The summed E-state index contributed by atoms with van der Waals surface area (Å²) in [5.74, 6) is -1.24. The summed E-state index contributed by atoms with van der Waals surface area (Å²) in [6, 6.07) is 6.46. The molecule has 2 aromatic heterocycles. The minimum atomic E-state index is -0.607. The van der Waals surface area contributed by atoms with E-state index in [4.69, 9.17) is 4.74 Å². The second kappa shape index (κ2) is 8.86. The van der Waals surface area contributed by atoms with Crippen LogP contribution in [0.4, 0.5) is 0 Å². The van der Waals surface area contributed by atoms with Crippen molar-refractivity contribution in [3.8, 4) is 0 Å². The lowest BCUT2D eigenvalue weighted by atomic mass is 9.96. The van der Waals surface area contributed by atoms with E-state index in [1.807, 2.05) is 5.38 Å². The van der Waals surface area contributed by atoms with Crippen LogP contribution in [0.5, 0.6) is 0 Å². The quantitative estimate of drug-likeness (QED) is 0.702. The van der Waals surface area contributed by atoms with Gasteiger partial charge in [-0.15, -0.1) is 11.3 Å². The van der Waals surface area contributed by atoms with E-state index in [1.165, 1.54) is 11.3 Å². The monoisotopic (exact) mass is 413 g/mol. The normalized spacial score (nSPS) is 20.5. The number of ketones is 1. The Balaban J connectivity index is 1.57. The van der Waals surface area contributed by atoms with Gasteiger partial charge in [0.15, 0.2) is 5.76 Å². The maximum absolute atomic E-state index is 13.1. The number of thiophene rings is 1. The number of carbonyl (C=O) groups is 2. The minimum Gasteiger partial charge on any atom is -0.503 e. The Bertz CT molecular complexity index is 892. The maximum atomic E-state index is 13.1. The average Bonchev–Trinajstić information content (AvgIpc) is 3.38. The minimum absolute atomic E-state index is 0.148. The van der Waals surface area contributed by atoms with Gasteiger partial charge in [-0.25, -0.2) is 0 Å². The fraction of sp³-hybridized carbons (Fsp3) is 0.381. The molecule has 0 saturated carbocycles. The SMILES string of the molecule is O=C(C1=C(O)C(=O)N(CCCN2CCOCC2)[C@@H]1c1ccncc1)c1cccs1. The molecule has 2 aromatic rings. The molecule has 29 heavy (non-hydrogen) atoms. The third-order valence-corrected chi connectivity index (χ3v) is 6.16. The number of hydrogen-bond acceptors (Lipinski definition) is 7. The first-order chi connectivity index (χ1) is 14.2. The molecular weight excluding hydrogens is 390 g/mol. The number of morpholine rings is 1. The molecule has 152 valence electrons. The van der Waals surface area contributed by atoms with Crippen molar-refractivity contribution in [2.45, 2.75) is 12.5 Å². The Kier molecular flexibility index (Phi) is 6.03. The van der Waals surface area contributed by atoms with Gasteiger partial charge in [-0.3, -0.25) is 19.5 Å². The van der Waals surface area contributed by atoms with Gasteiger partial charge in [-0.2, -0.15) is 0 Å². The summed E-state index contributed by atoms with van der Waals surface area (Å²) in [5.41, 5.74) is 0.915. The largest absolute Gasteiger partial charge is 0.503 e. The summed E-state index contributed by atoms with van der Waals surface area (Å²) in [7, 11) is 0. The molecule has 1 saturated heterocycles. The first kappa shape index (κ1) is 19.8. The molecule has 7 nitrogen and oxygen atoms in total. The highest BCUT2D eigenvalue weighted by molar-refractivity contribution is 7.12.